The zero-order valence-electron chi connectivity index (χ0n) is 61.8. The third-order valence-electron chi connectivity index (χ3n) is 20.5. The van der Waals surface area contributed by atoms with E-state index in [4.69, 9.17) is 28.4 Å². The van der Waals surface area contributed by atoms with Gasteiger partial charge in [-0.3, -0.25) is 4.79 Å². The number of aliphatic hydroxyl groups excluding tert-OH is 11. The summed E-state index contributed by atoms with van der Waals surface area (Å²) in [6.45, 7) is 1.78. The average molecular weight is 1400 g/mol. The second-order valence-electron chi connectivity index (χ2n) is 29.2. The molecule has 0 radical (unpaired) electrons. The molecule has 3 saturated heterocycles. The Morgan fingerprint density at radius 2 is 0.643 bits per heavy atom. The SMILES string of the molecule is CCCCCCCCCC/C=C\CCCCCCCCCCCCCCCCCCCCCCCCCCCC(=O)NC(COC1OC(CO)C(OC2OC(CO)C(OC3OC(CO)C(O)C(O)C3O)C(O)C2O)C(O)C1O)C(O)/C=C/CCCCCCCCCCCCCCCC. The summed E-state index contributed by atoms with van der Waals surface area (Å²) < 4.78 is 34.4. The lowest BCUT2D eigenvalue weighted by Gasteiger charge is -2.48. The average Bonchev–Trinajstić information content (AvgIpc) is 0.784. The molecule has 98 heavy (non-hydrogen) atoms. The van der Waals surface area contributed by atoms with Crippen molar-refractivity contribution in [1.29, 1.82) is 0 Å². The first-order valence-corrected chi connectivity index (χ1v) is 40.6. The lowest BCUT2D eigenvalue weighted by Crippen LogP contribution is -2.66. The summed E-state index contributed by atoms with van der Waals surface area (Å²) in [5.41, 5.74) is 0. The van der Waals surface area contributed by atoms with Crippen molar-refractivity contribution in [3.8, 4) is 0 Å². The van der Waals surface area contributed by atoms with Gasteiger partial charge in [-0.1, -0.05) is 314 Å². The molecule has 3 rings (SSSR count). The molecule has 17 atom stereocenters. The van der Waals surface area contributed by atoms with Crippen LogP contribution in [-0.2, 0) is 33.2 Å². The molecule has 0 saturated carbocycles. The number of carbonyl (C=O) groups is 1. The van der Waals surface area contributed by atoms with Crippen LogP contribution in [0.1, 0.15) is 341 Å². The quantitative estimate of drug-likeness (QED) is 0.0199. The van der Waals surface area contributed by atoms with Crippen LogP contribution in [0.25, 0.3) is 0 Å². The van der Waals surface area contributed by atoms with Crippen molar-refractivity contribution in [2.75, 3.05) is 26.4 Å². The van der Waals surface area contributed by atoms with Crippen molar-refractivity contribution in [3.05, 3.63) is 24.3 Å². The van der Waals surface area contributed by atoms with Gasteiger partial charge in [-0.05, 0) is 44.9 Å². The molecular formula is C79H149NO18. The highest BCUT2D eigenvalue weighted by Crippen LogP contribution is 2.33. The fourth-order valence-corrected chi connectivity index (χ4v) is 14.0. The van der Waals surface area contributed by atoms with Crippen molar-refractivity contribution in [2.45, 2.75) is 446 Å². The van der Waals surface area contributed by atoms with E-state index in [1.165, 1.54) is 270 Å². The van der Waals surface area contributed by atoms with Gasteiger partial charge in [-0.25, -0.2) is 0 Å². The molecule has 12 N–H and O–H groups in total. The van der Waals surface area contributed by atoms with Gasteiger partial charge < -0.3 is 89.9 Å². The summed E-state index contributed by atoms with van der Waals surface area (Å²) in [4.78, 5) is 13.5. The van der Waals surface area contributed by atoms with Gasteiger partial charge in [0, 0.05) is 6.42 Å². The van der Waals surface area contributed by atoms with Crippen LogP contribution in [0, 0.1) is 0 Å². The normalized spacial score (nSPS) is 26.8. The van der Waals surface area contributed by atoms with Crippen LogP contribution >= 0.6 is 0 Å². The molecule has 0 aliphatic carbocycles. The van der Waals surface area contributed by atoms with Crippen LogP contribution in [0.5, 0.6) is 0 Å². The third-order valence-corrected chi connectivity index (χ3v) is 20.5. The number of nitrogens with one attached hydrogen (secondary N) is 1. The summed E-state index contributed by atoms with van der Waals surface area (Å²) in [5.74, 6) is -0.268. The van der Waals surface area contributed by atoms with Crippen LogP contribution < -0.4 is 5.32 Å². The minimum atomic E-state index is -1.98. The number of hydrogen-bond acceptors (Lipinski definition) is 18. The minimum absolute atomic E-state index is 0.249. The number of unbranched alkanes of at least 4 members (excludes halogenated alkanes) is 47. The van der Waals surface area contributed by atoms with E-state index < -0.39 is 124 Å². The van der Waals surface area contributed by atoms with Gasteiger partial charge in [-0.2, -0.15) is 0 Å². The van der Waals surface area contributed by atoms with E-state index in [0.29, 0.717) is 6.42 Å². The van der Waals surface area contributed by atoms with Gasteiger partial charge in [0.05, 0.1) is 38.6 Å². The molecule has 578 valence electrons. The Labute approximate surface area is 594 Å². The fourth-order valence-electron chi connectivity index (χ4n) is 14.0. The predicted octanol–water partition coefficient (Wildman–Crippen LogP) is 13.3. The highest BCUT2D eigenvalue weighted by molar-refractivity contribution is 5.76. The first-order valence-electron chi connectivity index (χ1n) is 40.6. The highest BCUT2D eigenvalue weighted by Gasteiger charge is 2.54. The van der Waals surface area contributed by atoms with Gasteiger partial charge >= 0.3 is 0 Å². The van der Waals surface area contributed by atoms with E-state index in [0.717, 1.165) is 44.9 Å². The maximum absolute atomic E-state index is 13.5. The van der Waals surface area contributed by atoms with Crippen molar-refractivity contribution in [1.82, 2.24) is 5.32 Å². The number of allylic oxidation sites excluding steroid dienone is 3. The molecule has 19 heteroatoms. The summed E-state index contributed by atoms with van der Waals surface area (Å²) in [6, 6.07) is -0.970. The Bertz CT molecular complexity index is 1870. The van der Waals surface area contributed by atoms with Gasteiger partial charge in [0.1, 0.15) is 73.2 Å². The molecule has 1 amide bonds. The number of amides is 1. The first-order chi connectivity index (χ1) is 47.8. The van der Waals surface area contributed by atoms with E-state index in [2.05, 4.69) is 31.3 Å². The molecule has 0 spiro atoms. The predicted molar refractivity (Wildman–Crippen MR) is 388 cm³/mol. The van der Waals surface area contributed by atoms with Crippen molar-refractivity contribution in [2.24, 2.45) is 0 Å². The third kappa shape index (κ3) is 40.5. The monoisotopic (exact) mass is 1400 g/mol. The van der Waals surface area contributed by atoms with Crippen LogP contribution in [-0.4, -0.2) is 193 Å². The second kappa shape index (κ2) is 60.5. The molecule has 17 unspecified atom stereocenters. The molecule has 3 aliphatic heterocycles. The van der Waals surface area contributed by atoms with Gasteiger partial charge in [0.15, 0.2) is 18.9 Å². The first kappa shape index (κ1) is 90.5. The molecule has 0 bridgehead atoms. The molecule has 0 aromatic carbocycles. The molecule has 3 aliphatic rings. The summed E-state index contributed by atoms with van der Waals surface area (Å²) in [7, 11) is 0. The Kier molecular flexibility index (Phi) is 55.9. The number of aliphatic hydroxyl groups is 11. The maximum atomic E-state index is 13.5. The van der Waals surface area contributed by atoms with Crippen molar-refractivity contribution in [3.63, 3.8) is 0 Å². The number of rotatable bonds is 65. The lowest BCUT2D eigenvalue weighted by molar-refractivity contribution is -0.379. The van der Waals surface area contributed by atoms with Crippen LogP contribution in [0.3, 0.4) is 0 Å². The molecular weight excluding hydrogens is 1250 g/mol. The Balaban J connectivity index is 1.31. The zero-order chi connectivity index (χ0) is 71.1. The molecule has 19 nitrogen and oxygen atoms in total. The molecule has 3 heterocycles. The second-order valence-corrected chi connectivity index (χ2v) is 29.2. The number of ether oxygens (including phenoxy) is 6. The van der Waals surface area contributed by atoms with E-state index in [9.17, 15) is 61.0 Å². The van der Waals surface area contributed by atoms with E-state index in [1.807, 2.05) is 6.08 Å². The number of carbonyl (C=O) groups excluding carboxylic acids is 1. The van der Waals surface area contributed by atoms with E-state index in [-0.39, 0.29) is 18.9 Å². The minimum Gasteiger partial charge on any atom is -0.394 e. The van der Waals surface area contributed by atoms with Crippen LogP contribution in [0.15, 0.2) is 24.3 Å². The Morgan fingerprint density at radius 3 is 0.990 bits per heavy atom. The smallest absolute Gasteiger partial charge is 0.220 e. The fraction of sp³-hybridized carbons (Fsp3) is 0.937. The van der Waals surface area contributed by atoms with Crippen LogP contribution in [0.2, 0.25) is 0 Å². The van der Waals surface area contributed by atoms with E-state index in [1.54, 1.807) is 6.08 Å². The van der Waals surface area contributed by atoms with Crippen molar-refractivity contribution < 1.29 is 89.4 Å². The summed E-state index contributed by atoms with van der Waals surface area (Å²) in [5, 5.41) is 121. The number of hydrogen-bond donors (Lipinski definition) is 12. The summed E-state index contributed by atoms with van der Waals surface area (Å²) >= 11 is 0. The lowest BCUT2D eigenvalue weighted by atomic mass is 9.96. The Hall–Kier alpha value is -1.73. The van der Waals surface area contributed by atoms with Gasteiger partial charge in [0.2, 0.25) is 5.91 Å². The molecule has 0 aromatic heterocycles. The molecule has 3 fully saturated rings. The molecule has 0 aromatic rings. The zero-order valence-corrected chi connectivity index (χ0v) is 61.8. The van der Waals surface area contributed by atoms with Crippen LogP contribution in [0.4, 0.5) is 0 Å². The standard InChI is InChI=1S/C79H149NO18/c1-3-5-7-9-11-13-15-17-19-21-22-23-24-25-26-27-28-29-30-31-32-33-34-35-36-37-38-39-40-41-43-45-47-49-51-53-55-57-67(85)80-62(63(84)56-54-52-50-48-46-44-42-20-18-16-14-12-10-8-6-4-2)61-93-77-73(91)70(88)75(65(59-82)95-77)98-79-74(92)71(89)76(66(60-83)96-79)97-78-72(90)69(87)68(86)64(58-81)94-78/h21-22,54,56,62-66,68-79,81-84,86-92H,3-20,23-53,55,57-61H2,1-2H3,(H,80,85)/b22-21-,56-54+. The highest BCUT2D eigenvalue weighted by atomic mass is 16.8. The Morgan fingerprint density at radius 1 is 0.357 bits per heavy atom. The largest absolute Gasteiger partial charge is 0.394 e. The summed E-state index contributed by atoms with van der Waals surface area (Å²) in [6.07, 6.45) is 46.2. The van der Waals surface area contributed by atoms with E-state index >= 15 is 0 Å². The topological polar surface area (TPSA) is 307 Å². The van der Waals surface area contributed by atoms with Gasteiger partial charge in [-0.15, -0.1) is 0 Å². The van der Waals surface area contributed by atoms with Gasteiger partial charge in [0.25, 0.3) is 0 Å². The van der Waals surface area contributed by atoms with Crippen molar-refractivity contribution >= 4 is 5.91 Å². The maximum Gasteiger partial charge on any atom is 0.220 e.